The average Bonchev–Trinajstić information content (AvgIpc) is 3.47. The Morgan fingerprint density at radius 2 is 2.09 bits per heavy atom. The van der Waals surface area contributed by atoms with Crippen LogP contribution in [0.1, 0.15) is 53.7 Å². The molecule has 1 aromatic carbocycles. The number of carbonyl (C=O) groups is 1. The number of carbonyl (C=O) groups excluding carboxylic acids is 1. The number of benzene rings is 1. The average molecular weight is 462 g/mol. The fourth-order valence-electron chi connectivity index (χ4n) is 5.35. The first-order chi connectivity index (χ1) is 16.2. The number of anilines is 2. The van der Waals surface area contributed by atoms with Crippen molar-refractivity contribution in [2.45, 2.75) is 51.6 Å². The highest BCUT2D eigenvalue weighted by Crippen LogP contribution is 2.40. The van der Waals surface area contributed by atoms with E-state index in [0.29, 0.717) is 19.0 Å². The molecule has 0 radical (unpaired) electrons. The van der Waals surface area contributed by atoms with E-state index >= 15 is 0 Å². The van der Waals surface area contributed by atoms with Gasteiger partial charge in [-0.05, 0) is 48.1 Å². The summed E-state index contributed by atoms with van der Waals surface area (Å²) >= 11 is 1.68. The Morgan fingerprint density at radius 1 is 1.21 bits per heavy atom. The maximum Gasteiger partial charge on any atom is 0.226 e. The molecular formula is C25H27N5O2S. The fourth-order valence-corrected chi connectivity index (χ4v) is 6.55. The lowest BCUT2D eigenvalue weighted by Crippen LogP contribution is -2.39. The molecule has 0 unspecified atom stereocenters. The molecule has 4 heterocycles. The summed E-state index contributed by atoms with van der Waals surface area (Å²) in [7, 11) is 1.68. The Bertz CT molecular complexity index is 1260. The summed E-state index contributed by atoms with van der Waals surface area (Å²) in [5.74, 6) is 2.12. The SMILES string of the molecule is COc1cc2c(cc1Nc1ncnc3sc4c(c13)CCN(C(=O)C1CCCCC1)C4)C=NC2. The molecule has 7 nitrogen and oxygen atoms in total. The minimum absolute atomic E-state index is 0.211. The number of amides is 1. The van der Waals surface area contributed by atoms with Crippen LogP contribution in [-0.4, -0.2) is 40.6 Å². The number of ether oxygens (including phenoxy) is 1. The first kappa shape index (κ1) is 20.6. The van der Waals surface area contributed by atoms with Gasteiger partial charge in [-0.25, -0.2) is 9.97 Å². The van der Waals surface area contributed by atoms with Crippen LogP contribution < -0.4 is 10.1 Å². The molecule has 1 aliphatic carbocycles. The quantitative estimate of drug-likeness (QED) is 0.601. The van der Waals surface area contributed by atoms with Gasteiger partial charge in [0, 0.05) is 23.6 Å². The minimum Gasteiger partial charge on any atom is -0.495 e. The van der Waals surface area contributed by atoms with Gasteiger partial charge in [-0.1, -0.05) is 19.3 Å². The molecule has 8 heteroatoms. The third-order valence-electron chi connectivity index (χ3n) is 7.11. The normalized spacial score (nSPS) is 17.8. The van der Waals surface area contributed by atoms with E-state index in [9.17, 15) is 4.79 Å². The third-order valence-corrected chi connectivity index (χ3v) is 8.23. The van der Waals surface area contributed by atoms with E-state index in [-0.39, 0.29) is 5.92 Å². The van der Waals surface area contributed by atoms with Crippen molar-refractivity contribution in [2.24, 2.45) is 10.9 Å². The number of aliphatic imine (C=N–C) groups is 1. The van der Waals surface area contributed by atoms with E-state index in [2.05, 4.69) is 31.2 Å². The van der Waals surface area contributed by atoms with Gasteiger partial charge in [-0.2, -0.15) is 0 Å². The standard InChI is InChI=1S/C25H27N5O2S/c1-32-20-10-17-12-26-11-16(17)9-19(20)29-23-22-18-7-8-30(25(31)15-5-3-2-4-6-15)13-21(18)33-24(22)28-14-27-23/h9-11,14-15H,2-8,12-13H2,1H3,(H,27,28,29). The van der Waals surface area contributed by atoms with E-state index in [1.165, 1.54) is 35.3 Å². The van der Waals surface area contributed by atoms with Gasteiger partial charge in [0.05, 0.1) is 31.3 Å². The molecular weight excluding hydrogens is 434 g/mol. The molecule has 0 spiro atoms. The number of thiophene rings is 1. The molecule has 3 aromatic rings. The van der Waals surface area contributed by atoms with Crippen LogP contribution in [0.3, 0.4) is 0 Å². The molecule has 0 saturated heterocycles. The van der Waals surface area contributed by atoms with E-state index in [0.717, 1.165) is 58.8 Å². The highest BCUT2D eigenvalue weighted by molar-refractivity contribution is 7.19. The zero-order chi connectivity index (χ0) is 22.4. The monoisotopic (exact) mass is 461 g/mol. The van der Waals surface area contributed by atoms with Gasteiger partial charge >= 0.3 is 0 Å². The smallest absolute Gasteiger partial charge is 0.226 e. The van der Waals surface area contributed by atoms with Gasteiger partial charge in [0.1, 0.15) is 22.7 Å². The maximum atomic E-state index is 13.1. The number of nitrogens with one attached hydrogen (secondary N) is 1. The predicted octanol–water partition coefficient (Wildman–Crippen LogP) is 4.84. The highest BCUT2D eigenvalue weighted by Gasteiger charge is 2.31. The van der Waals surface area contributed by atoms with Crippen molar-refractivity contribution < 1.29 is 9.53 Å². The number of rotatable bonds is 4. The molecule has 2 aromatic heterocycles. The molecule has 2 aliphatic heterocycles. The third kappa shape index (κ3) is 3.66. The van der Waals surface area contributed by atoms with Gasteiger partial charge in [0.25, 0.3) is 0 Å². The minimum atomic E-state index is 0.211. The summed E-state index contributed by atoms with van der Waals surface area (Å²) in [6.45, 7) is 2.14. The van der Waals surface area contributed by atoms with Gasteiger partial charge in [0.2, 0.25) is 5.91 Å². The Morgan fingerprint density at radius 3 is 2.94 bits per heavy atom. The van der Waals surface area contributed by atoms with Crippen molar-refractivity contribution >= 4 is 45.2 Å². The van der Waals surface area contributed by atoms with E-state index in [4.69, 9.17) is 4.74 Å². The van der Waals surface area contributed by atoms with Crippen LogP contribution in [0.4, 0.5) is 11.5 Å². The summed E-state index contributed by atoms with van der Waals surface area (Å²) in [6, 6.07) is 4.11. The second-order valence-corrected chi connectivity index (χ2v) is 10.2. The molecule has 6 rings (SSSR count). The molecule has 1 fully saturated rings. The number of fused-ring (bicyclic) bond motifs is 4. The molecule has 170 valence electrons. The largest absolute Gasteiger partial charge is 0.495 e. The topological polar surface area (TPSA) is 79.7 Å². The molecule has 0 atom stereocenters. The molecule has 0 bridgehead atoms. The zero-order valence-electron chi connectivity index (χ0n) is 18.8. The van der Waals surface area contributed by atoms with E-state index in [1.807, 2.05) is 12.3 Å². The maximum absolute atomic E-state index is 13.1. The second kappa shape index (κ2) is 8.41. The zero-order valence-corrected chi connectivity index (χ0v) is 19.6. The summed E-state index contributed by atoms with van der Waals surface area (Å²) in [6.07, 6.45) is 10.1. The lowest BCUT2D eigenvalue weighted by atomic mass is 9.88. The van der Waals surface area contributed by atoms with Crippen molar-refractivity contribution in [2.75, 3.05) is 19.0 Å². The van der Waals surface area contributed by atoms with Crippen molar-refractivity contribution in [1.82, 2.24) is 14.9 Å². The Hall–Kier alpha value is -3.00. The van der Waals surface area contributed by atoms with Crippen LogP contribution >= 0.6 is 11.3 Å². The Labute approximate surface area is 196 Å². The number of nitrogens with zero attached hydrogens (tertiary/aromatic N) is 4. The van der Waals surface area contributed by atoms with Crippen molar-refractivity contribution in [3.63, 3.8) is 0 Å². The van der Waals surface area contributed by atoms with Gasteiger partial charge in [-0.15, -0.1) is 11.3 Å². The lowest BCUT2D eigenvalue weighted by molar-refractivity contribution is -0.137. The summed E-state index contributed by atoms with van der Waals surface area (Å²) in [5, 5.41) is 4.57. The van der Waals surface area contributed by atoms with Crippen molar-refractivity contribution in [1.29, 1.82) is 0 Å². The lowest BCUT2D eigenvalue weighted by Gasteiger charge is -2.32. The predicted molar refractivity (Wildman–Crippen MR) is 131 cm³/mol. The van der Waals surface area contributed by atoms with Crippen LogP contribution in [0.25, 0.3) is 10.2 Å². The van der Waals surface area contributed by atoms with E-state index in [1.54, 1.807) is 24.8 Å². The number of hydrogen-bond acceptors (Lipinski definition) is 7. The molecule has 1 N–H and O–H groups in total. The first-order valence-corrected chi connectivity index (χ1v) is 12.5. The summed E-state index contributed by atoms with van der Waals surface area (Å²) in [5.41, 5.74) is 4.41. The Balaban J connectivity index is 1.31. The number of methoxy groups -OCH3 is 1. The van der Waals surface area contributed by atoms with Crippen molar-refractivity contribution in [3.8, 4) is 5.75 Å². The first-order valence-electron chi connectivity index (χ1n) is 11.7. The van der Waals surface area contributed by atoms with Gasteiger partial charge in [-0.3, -0.25) is 9.79 Å². The molecule has 1 saturated carbocycles. The molecule has 3 aliphatic rings. The second-order valence-electron chi connectivity index (χ2n) is 9.10. The highest BCUT2D eigenvalue weighted by atomic mass is 32.1. The Kier molecular flexibility index (Phi) is 5.25. The van der Waals surface area contributed by atoms with Crippen LogP contribution in [0.5, 0.6) is 5.75 Å². The number of aromatic nitrogens is 2. The van der Waals surface area contributed by atoms with Crippen LogP contribution in [-0.2, 0) is 24.3 Å². The molecule has 1 amide bonds. The fraction of sp³-hybridized carbons (Fsp3) is 0.440. The van der Waals surface area contributed by atoms with Gasteiger partial charge in [0.15, 0.2) is 0 Å². The van der Waals surface area contributed by atoms with Crippen LogP contribution in [0, 0.1) is 5.92 Å². The summed E-state index contributed by atoms with van der Waals surface area (Å²) < 4.78 is 5.64. The molecule has 33 heavy (non-hydrogen) atoms. The van der Waals surface area contributed by atoms with E-state index < -0.39 is 0 Å². The van der Waals surface area contributed by atoms with Crippen LogP contribution in [0.2, 0.25) is 0 Å². The van der Waals surface area contributed by atoms with Crippen LogP contribution in [0.15, 0.2) is 23.5 Å². The number of hydrogen-bond donors (Lipinski definition) is 1. The van der Waals surface area contributed by atoms with Gasteiger partial charge < -0.3 is 15.0 Å². The van der Waals surface area contributed by atoms with Crippen molar-refractivity contribution in [3.05, 3.63) is 40.0 Å². The summed E-state index contributed by atoms with van der Waals surface area (Å²) in [4.78, 5) is 30.9.